The highest BCUT2D eigenvalue weighted by Crippen LogP contribution is 2.38. The van der Waals surface area contributed by atoms with Crippen LogP contribution in [0, 0.1) is 12.8 Å². The van der Waals surface area contributed by atoms with Gasteiger partial charge >= 0.3 is 0 Å². The zero-order valence-corrected chi connectivity index (χ0v) is 22.7. The molecule has 2 aromatic heterocycles. The van der Waals surface area contributed by atoms with E-state index in [0.29, 0.717) is 25.7 Å². The first-order chi connectivity index (χ1) is 18.6. The molecule has 6 rings (SSSR count). The van der Waals surface area contributed by atoms with Gasteiger partial charge in [0.05, 0.1) is 15.2 Å². The number of benzene rings is 2. The Balaban J connectivity index is 1.15. The van der Waals surface area contributed by atoms with Crippen molar-refractivity contribution in [1.29, 1.82) is 0 Å². The summed E-state index contributed by atoms with van der Waals surface area (Å²) in [6.07, 6.45) is 7.62. The van der Waals surface area contributed by atoms with Crippen molar-refractivity contribution in [2.45, 2.75) is 64.2 Å². The number of rotatable bonds is 10. The molecule has 1 aliphatic carbocycles. The van der Waals surface area contributed by atoms with Crippen LogP contribution in [0.1, 0.15) is 67.6 Å². The van der Waals surface area contributed by atoms with Gasteiger partial charge in [-0.2, -0.15) is 4.98 Å². The molecule has 2 aromatic carbocycles. The molecule has 0 N–H and O–H groups in total. The molecule has 1 amide bonds. The first-order valence-electron chi connectivity index (χ1n) is 13.8. The van der Waals surface area contributed by atoms with E-state index in [0.717, 1.165) is 77.6 Å². The minimum absolute atomic E-state index is 0.0168. The van der Waals surface area contributed by atoms with Gasteiger partial charge in [0.2, 0.25) is 11.8 Å². The molecule has 2 fully saturated rings. The van der Waals surface area contributed by atoms with E-state index < -0.39 is 0 Å². The maximum absolute atomic E-state index is 13.7. The minimum Gasteiger partial charge on any atom is -0.381 e. The molecule has 0 radical (unpaired) electrons. The van der Waals surface area contributed by atoms with Gasteiger partial charge < -0.3 is 14.2 Å². The third kappa shape index (κ3) is 5.81. The van der Waals surface area contributed by atoms with Crippen LogP contribution in [0.15, 0.2) is 47.0 Å². The summed E-state index contributed by atoms with van der Waals surface area (Å²) < 4.78 is 12.1. The molecule has 38 heavy (non-hydrogen) atoms. The van der Waals surface area contributed by atoms with Crippen molar-refractivity contribution in [3.05, 3.63) is 59.2 Å². The van der Waals surface area contributed by atoms with Crippen molar-refractivity contribution >= 4 is 33.1 Å². The average molecular weight is 531 g/mol. The van der Waals surface area contributed by atoms with Crippen LogP contribution in [0.4, 0.5) is 5.69 Å². The fourth-order valence-corrected chi connectivity index (χ4v) is 6.07. The standard InChI is InChI=1S/C30H34N4O3S/c1-20-31-26-12-11-24(19-27(26)38-20)23-6-5-7-25(18-23)34(30(35)22-13-16-36-17-14-22)15-4-2-3-8-28-32-29(33-37-28)21-9-10-21/h5-7,11-12,18-19,21-22H,2-4,8-10,13-17H2,1H3. The molecule has 0 spiro atoms. The van der Waals surface area contributed by atoms with E-state index >= 15 is 0 Å². The molecular formula is C30H34N4O3S. The highest BCUT2D eigenvalue weighted by Gasteiger charge is 2.29. The summed E-state index contributed by atoms with van der Waals surface area (Å²) in [6, 6.07) is 14.8. The molecule has 0 bridgehead atoms. The third-order valence-corrected chi connectivity index (χ3v) is 8.46. The summed E-state index contributed by atoms with van der Waals surface area (Å²) in [7, 11) is 0. The van der Waals surface area contributed by atoms with Crippen LogP contribution in [0.5, 0.6) is 0 Å². The Morgan fingerprint density at radius 1 is 1.00 bits per heavy atom. The van der Waals surface area contributed by atoms with E-state index in [2.05, 4.69) is 57.6 Å². The van der Waals surface area contributed by atoms with Gasteiger partial charge in [0.15, 0.2) is 5.82 Å². The fraction of sp³-hybridized carbons (Fsp3) is 0.467. The number of amides is 1. The quantitative estimate of drug-likeness (QED) is 0.212. The van der Waals surface area contributed by atoms with E-state index in [1.165, 1.54) is 17.5 Å². The SMILES string of the molecule is Cc1nc2ccc(-c3cccc(N(CCCCCc4nc(C5CC5)no4)C(=O)C4CCOCC4)c3)cc2s1. The molecule has 1 aliphatic heterocycles. The van der Waals surface area contributed by atoms with Crippen LogP contribution < -0.4 is 4.90 Å². The van der Waals surface area contributed by atoms with Gasteiger partial charge in [-0.3, -0.25) is 4.79 Å². The number of fused-ring (bicyclic) bond motifs is 1. The monoisotopic (exact) mass is 530 g/mol. The van der Waals surface area contributed by atoms with Crippen molar-refractivity contribution in [2.24, 2.45) is 5.92 Å². The van der Waals surface area contributed by atoms with Gasteiger partial charge in [-0.05, 0) is 80.8 Å². The largest absolute Gasteiger partial charge is 0.381 e. The second kappa shape index (κ2) is 11.3. The molecule has 4 aromatic rings. The summed E-state index contributed by atoms with van der Waals surface area (Å²) in [5, 5.41) is 5.19. The van der Waals surface area contributed by atoms with Crippen LogP contribution in [-0.4, -0.2) is 40.8 Å². The third-order valence-electron chi connectivity index (χ3n) is 7.52. The number of anilines is 1. The molecular weight excluding hydrogens is 496 g/mol. The Morgan fingerprint density at radius 2 is 1.84 bits per heavy atom. The lowest BCUT2D eigenvalue weighted by atomic mass is 9.97. The smallest absolute Gasteiger partial charge is 0.230 e. The lowest BCUT2D eigenvalue weighted by Crippen LogP contribution is -2.39. The number of carbonyl (C=O) groups excluding carboxylic acids is 1. The predicted octanol–water partition coefficient (Wildman–Crippen LogP) is 6.70. The fourth-order valence-electron chi connectivity index (χ4n) is 5.20. The van der Waals surface area contributed by atoms with E-state index in [4.69, 9.17) is 9.26 Å². The van der Waals surface area contributed by atoms with Gasteiger partial charge in [0.25, 0.3) is 0 Å². The maximum Gasteiger partial charge on any atom is 0.230 e. The van der Waals surface area contributed by atoms with Gasteiger partial charge in [0, 0.05) is 43.7 Å². The molecule has 7 nitrogen and oxygen atoms in total. The molecule has 0 atom stereocenters. The number of hydrogen-bond donors (Lipinski definition) is 0. The van der Waals surface area contributed by atoms with Crippen LogP contribution in [0.2, 0.25) is 0 Å². The van der Waals surface area contributed by atoms with Crippen molar-refractivity contribution in [3.8, 4) is 11.1 Å². The Labute approximate surface area is 227 Å². The summed E-state index contributed by atoms with van der Waals surface area (Å²) in [4.78, 5) is 24.9. The van der Waals surface area contributed by atoms with Crippen molar-refractivity contribution < 1.29 is 14.1 Å². The number of hydrogen-bond acceptors (Lipinski definition) is 7. The maximum atomic E-state index is 13.7. The Morgan fingerprint density at radius 3 is 2.68 bits per heavy atom. The second-order valence-electron chi connectivity index (χ2n) is 10.5. The van der Waals surface area contributed by atoms with Crippen LogP contribution in [-0.2, 0) is 16.0 Å². The molecule has 3 heterocycles. The highest BCUT2D eigenvalue weighted by atomic mass is 32.1. The predicted molar refractivity (Wildman–Crippen MR) is 150 cm³/mol. The van der Waals surface area contributed by atoms with Crippen molar-refractivity contribution in [2.75, 3.05) is 24.7 Å². The van der Waals surface area contributed by atoms with E-state index in [1.54, 1.807) is 11.3 Å². The van der Waals surface area contributed by atoms with E-state index in [1.807, 2.05) is 11.8 Å². The van der Waals surface area contributed by atoms with Crippen molar-refractivity contribution in [1.82, 2.24) is 15.1 Å². The van der Waals surface area contributed by atoms with Gasteiger partial charge in [-0.15, -0.1) is 11.3 Å². The molecule has 8 heteroatoms. The summed E-state index contributed by atoms with van der Waals surface area (Å²) in [5.41, 5.74) is 4.26. The molecule has 1 saturated heterocycles. The van der Waals surface area contributed by atoms with Gasteiger partial charge in [-0.25, -0.2) is 4.98 Å². The van der Waals surface area contributed by atoms with Crippen molar-refractivity contribution in [3.63, 3.8) is 0 Å². The normalized spacial score (nSPS) is 16.2. The Kier molecular flexibility index (Phi) is 7.51. The van der Waals surface area contributed by atoms with Crippen LogP contribution in [0.3, 0.4) is 0 Å². The summed E-state index contributed by atoms with van der Waals surface area (Å²) in [5.74, 6) is 2.36. The number of aryl methyl sites for hydroxylation is 2. The minimum atomic E-state index is 0.0168. The lowest BCUT2D eigenvalue weighted by Gasteiger charge is -2.30. The number of nitrogens with zero attached hydrogens (tertiary/aromatic N) is 4. The number of ether oxygens (including phenoxy) is 1. The van der Waals surface area contributed by atoms with Crippen LogP contribution >= 0.6 is 11.3 Å². The lowest BCUT2D eigenvalue weighted by molar-refractivity contribution is -0.125. The number of unbranched alkanes of at least 4 members (excludes halogenated alkanes) is 2. The van der Waals surface area contributed by atoms with E-state index in [9.17, 15) is 4.79 Å². The zero-order valence-electron chi connectivity index (χ0n) is 21.9. The summed E-state index contributed by atoms with van der Waals surface area (Å²) >= 11 is 1.71. The molecule has 198 valence electrons. The number of thiazole rings is 1. The first-order valence-corrected chi connectivity index (χ1v) is 14.6. The van der Waals surface area contributed by atoms with Gasteiger partial charge in [0.1, 0.15) is 0 Å². The molecule has 0 unspecified atom stereocenters. The highest BCUT2D eigenvalue weighted by molar-refractivity contribution is 7.18. The topological polar surface area (TPSA) is 81.4 Å². The zero-order chi connectivity index (χ0) is 25.9. The first kappa shape index (κ1) is 25.2. The summed E-state index contributed by atoms with van der Waals surface area (Å²) in [6.45, 7) is 4.05. The average Bonchev–Trinajstić information content (AvgIpc) is 3.57. The van der Waals surface area contributed by atoms with Gasteiger partial charge in [-0.1, -0.05) is 29.8 Å². The van der Waals surface area contributed by atoms with E-state index in [-0.39, 0.29) is 11.8 Å². The molecule has 1 saturated carbocycles. The Hall–Kier alpha value is -3.10. The van der Waals surface area contributed by atoms with Crippen LogP contribution in [0.25, 0.3) is 21.3 Å². The Bertz CT molecular complexity index is 1400. The molecule has 2 aliphatic rings. The number of aromatic nitrogens is 3. The second-order valence-corrected chi connectivity index (χ2v) is 11.7. The number of carbonyl (C=O) groups is 1.